The normalized spacial score (nSPS) is 20.4. The van der Waals surface area contributed by atoms with E-state index >= 15 is 0 Å². The second-order valence-electron chi connectivity index (χ2n) is 4.77. The number of rotatable bonds is 3. The van der Waals surface area contributed by atoms with E-state index in [-0.39, 0.29) is 0 Å². The number of benzene rings is 1. The molecule has 3 nitrogen and oxygen atoms in total. The van der Waals surface area contributed by atoms with E-state index in [9.17, 15) is 0 Å². The van der Waals surface area contributed by atoms with Crippen molar-refractivity contribution in [1.29, 1.82) is 0 Å². The molecule has 2 N–H and O–H groups in total. The van der Waals surface area contributed by atoms with Crippen LogP contribution in [0.25, 0.3) is 11.3 Å². The molecule has 0 amide bonds. The monoisotopic (exact) mass is 259 g/mol. The lowest BCUT2D eigenvalue weighted by Crippen LogP contribution is -2.26. The maximum atomic E-state index is 5.95. The maximum Gasteiger partial charge on any atom is 0.0856 e. The van der Waals surface area contributed by atoms with Gasteiger partial charge in [-0.15, -0.1) is 11.3 Å². The molecule has 2 aromatic rings. The van der Waals surface area contributed by atoms with Crippen LogP contribution in [-0.4, -0.2) is 29.0 Å². The Morgan fingerprint density at radius 2 is 2.17 bits per heavy atom. The number of nitrogens with zero attached hydrogens (tertiary/aromatic N) is 2. The smallest absolute Gasteiger partial charge is 0.0856 e. The molecular formula is C14H17N3S. The molecule has 94 valence electrons. The summed E-state index contributed by atoms with van der Waals surface area (Å²) in [5.41, 5.74) is 10.2. The lowest BCUT2D eigenvalue weighted by Gasteiger charge is -2.14. The largest absolute Gasteiger partial charge is 0.326 e. The Labute approximate surface area is 111 Å². The molecule has 1 aliphatic heterocycles. The fourth-order valence-electron chi connectivity index (χ4n) is 2.42. The fraction of sp³-hybridized carbons (Fsp3) is 0.357. The Morgan fingerprint density at radius 1 is 1.33 bits per heavy atom. The first-order valence-corrected chi connectivity index (χ1v) is 7.16. The Bertz CT molecular complexity index is 509. The first kappa shape index (κ1) is 11.8. The minimum Gasteiger partial charge on any atom is -0.326 e. The summed E-state index contributed by atoms with van der Waals surface area (Å²) in [6, 6.07) is 10.7. The van der Waals surface area contributed by atoms with Gasteiger partial charge in [-0.1, -0.05) is 30.3 Å². The number of likely N-dealkylation sites (tertiary alicyclic amines) is 1. The molecule has 0 saturated carbocycles. The molecule has 1 atom stereocenters. The van der Waals surface area contributed by atoms with Gasteiger partial charge in [0.05, 0.1) is 11.2 Å². The second-order valence-corrected chi connectivity index (χ2v) is 5.71. The van der Waals surface area contributed by atoms with E-state index in [0.717, 1.165) is 31.7 Å². The van der Waals surface area contributed by atoms with E-state index in [1.165, 1.54) is 10.4 Å². The highest BCUT2D eigenvalue weighted by Crippen LogP contribution is 2.27. The zero-order chi connectivity index (χ0) is 12.4. The average Bonchev–Trinajstić information content (AvgIpc) is 3.00. The molecule has 0 aliphatic carbocycles. The Kier molecular flexibility index (Phi) is 3.41. The van der Waals surface area contributed by atoms with Crippen LogP contribution in [0.5, 0.6) is 0 Å². The van der Waals surface area contributed by atoms with Gasteiger partial charge in [0, 0.05) is 36.1 Å². The van der Waals surface area contributed by atoms with Crippen LogP contribution in [-0.2, 0) is 6.54 Å². The highest BCUT2D eigenvalue weighted by molar-refractivity contribution is 7.10. The van der Waals surface area contributed by atoms with Crippen molar-refractivity contribution in [2.75, 3.05) is 13.1 Å². The van der Waals surface area contributed by atoms with Gasteiger partial charge in [0.15, 0.2) is 0 Å². The van der Waals surface area contributed by atoms with E-state index in [2.05, 4.69) is 34.1 Å². The molecule has 1 aromatic carbocycles. The summed E-state index contributed by atoms with van der Waals surface area (Å²) in [5.74, 6) is 0. The van der Waals surface area contributed by atoms with E-state index < -0.39 is 0 Å². The van der Waals surface area contributed by atoms with Gasteiger partial charge in [0.25, 0.3) is 0 Å². The zero-order valence-corrected chi connectivity index (χ0v) is 11.1. The highest BCUT2D eigenvalue weighted by Gasteiger charge is 2.21. The molecule has 0 radical (unpaired) electrons. The van der Waals surface area contributed by atoms with Crippen molar-refractivity contribution in [1.82, 2.24) is 9.88 Å². The summed E-state index contributed by atoms with van der Waals surface area (Å²) in [6.07, 6.45) is 1.11. The third kappa shape index (κ3) is 2.46. The predicted octanol–water partition coefficient (Wildman–Crippen LogP) is 2.34. The summed E-state index contributed by atoms with van der Waals surface area (Å²) >= 11 is 1.74. The van der Waals surface area contributed by atoms with Gasteiger partial charge < -0.3 is 5.73 Å². The van der Waals surface area contributed by atoms with Crippen LogP contribution >= 0.6 is 11.3 Å². The van der Waals surface area contributed by atoms with Crippen molar-refractivity contribution >= 4 is 11.3 Å². The highest BCUT2D eigenvalue weighted by atomic mass is 32.1. The van der Waals surface area contributed by atoms with Gasteiger partial charge in [-0.05, 0) is 6.42 Å². The summed E-state index contributed by atoms with van der Waals surface area (Å²) in [5, 5.41) is 0. The fourth-order valence-corrected chi connectivity index (χ4v) is 3.25. The van der Waals surface area contributed by atoms with Crippen LogP contribution in [0, 0.1) is 0 Å². The Hall–Kier alpha value is -1.23. The predicted molar refractivity (Wildman–Crippen MR) is 75.4 cm³/mol. The molecule has 1 unspecified atom stereocenters. The molecule has 1 aromatic heterocycles. The standard InChI is InChI=1S/C14H17N3S/c15-12-6-7-17(8-12)9-13-14(16-10-18-13)11-4-2-1-3-5-11/h1-5,10,12H,6-9,15H2. The van der Waals surface area contributed by atoms with Gasteiger partial charge in [0.1, 0.15) is 0 Å². The van der Waals surface area contributed by atoms with Crippen molar-refractivity contribution < 1.29 is 0 Å². The second kappa shape index (κ2) is 5.18. The summed E-state index contributed by atoms with van der Waals surface area (Å²) in [4.78, 5) is 8.27. The molecule has 0 bridgehead atoms. The Balaban J connectivity index is 1.80. The van der Waals surface area contributed by atoms with Crippen LogP contribution < -0.4 is 5.73 Å². The van der Waals surface area contributed by atoms with E-state index in [4.69, 9.17) is 5.73 Å². The molecule has 2 heterocycles. The summed E-state index contributed by atoms with van der Waals surface area (Å²) in [6.45, 7) is 3.09. The lowest BCUT2D eigenvalue weighted by atomic mass is 10.1. The first-order valence-electron chi connectivity index (χ1n) is 6.28. The maximum absolute atomic E-state index is 5.95. The van der Waals surface area contributed by atoms with Gasteiger partial charge in [0.2, 0.25) is 0 Å². The molecule has 0 spiro atoms. The van der Waals surface area contributed by atoms with Crippen molar-refractivity contribution in [2.24, 2.45) is 5.73 Å². The number of aromatic nitrogens is 1. The van der Waals surface area contributed by atoms with Crippen molar-refractivity contribution in [3.8, 4) is 11.3 Å². The van der Waals surface area contributed by atoms with Crippen LogP contribution in [0.1, 0.15) is 11.3 Å². The van der Waals surface area contributed by atoms with E-state index in [0.29, 0.717) is 6.04 Å². The molecule has 4 heteroatoms. The molecule has 18 heavy (non-hydrogen) atoms. The number of hydrogen-bond acceptors (Lipinski definition) is 4. The van der Waals surface area contributed by atoms with Crippen molar-refractivity contribution in [3.05, 3.63) is 40.7 Å². The zero-order valence-electron chi connectivity index (χ0n) is 10.2. The molecule has 1 aliphatic rings. The lowest BCUT2D eigenvalue weighted by molar-refractivity contribution is 0.330. The van der Waals surface area contributed by atoms with Crippen LogP contribution in [0.3, 0.4) is 0 Å². The summed E-state index contributed by atoms with van der Waals surface area (Å²) in [7, 11) is 0. The van der Waals surface area contributed by atoms with Gasteiger partial charge in [-0.25, -0.2) is 4.98 Å². The van der Waals surface area contributed by atoms with Crippen molar-refractivity contribution in [3.63, 3.8) is 0 Å². The van der Waals surface area contributed by atoms with Gasteiger partial charge >= 0.3 is 0 Å². The van der Waals surface area contributed by atoms with Gasteiger partial charge in [-0.2, -0.15) is 0 Å². The van der Waals surface area contributed by atoms with Gasteiger partial charge in [-0.3, -0.25) is 4.90 Å². The topological polar surface area (TPSA) is 42.1 Å². The SMILES string of the molecule is NC1CCN(Cc2scnc2-c2ccccc2)C1. The molecule has 1 saturated heterocycles. The van der Waals surface area contributed by atoms with E-state index in [1.807, 2.05) is 11.6 Å². The summed E-state index contributed by atoms with van der Waals surface area (Å²) < 4.78 is 0. The number of nitrogens with two attached hydrogens (primary N) is 1. The molecule has 1 fully saturated rings. The minimum atomic E-state index is 0.345. The molecular weight excluding hydrogens is 242 g/mol. The third-order valence-electron chi connectivity index (χ3n) is 3.36. The minimum absolute atomic E-state index is 0.345. The van der Waals surface area contributed by atoms with Crippen LogP contribution in [0.15, 0.2) is 35.8 Å². The number of hydrogen-bond donors (Lipinski definition) is 1. The van der Waals surface area contributed by atoms with Crippen LogP contribution in [0.2, 0.25) is 0 Å². The van der Waals surface area contributed by atoms with Crippen LogP contribution in [0.4, 0.5) is 0 Å². The Morgan fingerprint density at radius 3 is 2.89 bits per heavy atom. The van der Waals surface area contributed by atoms with Crippen molar-refractivity contribution in [2.45, 2.75) is 19.0 Å². The average molecular weight is 259 g/mol. The molecule has 3 rings (SSSR count). The third-order valence-corrected chi connectivity index (χ3v) is 4.18. The number of thiazole rings is 1. The first-order chi connectivity index (χ1) is 8.83. The quantitative estimate of drug-likeness (QED) is 0.920. The van der Waals surface area contributed by atoms with E-state index in [1.54, 1.807) is 11.3 Å².